The van der Waals surface area contributed by atoms with Crippen molar-refractivity contribution >= 4 is 40.7 Å². The molecule has 0 N–H and O–H groups in total. The van der Waals surface area contributed by atoms with Gasteiger partial charge in [0, 0.05) is 6.42 Å². The van der Waals surface area contributed by atoms with E-state index >= 15 is 0 Å². The average molecular weight is 355 g/mol. The molecule has 22 heavy (non-hydrogen) atoms. The Morgan fingerprint density at radius 2 is 1.50 bits per heavy atom. The Morgan fingerprint density at radius 1 is 0.909 bits per heavy atom. The third-order valence-corrected chi connectivity index (χ3v) is 4.02. The first kappa shape index (κ1) is 15.7. The summed E-state index contributed by atoms with van der Waals surface area (Å²) in [7, 11) is 0. The average Bonchev–Trinajstić information content (AvgIpc) is 2.93. The van der Waals surface area contributed by atoms with Crippen LogP contribution < -0.4 is 0 Å². The van der Waals surface area contributed by atoms with Gasteiger partial charge in [0.1, 0.15) is 12.1 Å². The summed E-state index contributed by atoms with van der Waals surface area (Å²) in [6.45, 7) is 0. The molecule has 0 saturated heterocycles. The van der Waals surface area contributed by atoms with Crippen molar-refractivity contribution in [2.75, 3.05) is 0 Å². The van der Waals surface area contributed by atoms with Crippen LogP contribution in [0.1, 0.15) is 17.2 Å². The molecule has 1 heterocycles. The van der Waals surface area contributed by atoms with Crippen molar-refractivity contribution in [1.29, 1.82) is 0 Å². The van der Waals surface area contributed by atoms with Crippen molar-refractivity contribution in [2.24, 2.45) is 4.99 Å². The molecule has 2 aromatic rings. The van der Waals surface area contributed by atoms with E-state index < -0.39 is 3.79 Å². The lowest BCUT2D eigenvalue weighted by atomic mass is 9.97. The lowest BCUT2D eigenvalue weighted by Crippen LogP contribution is -2.24. The van der Waals surface area contributed by atoms with Crippen LogP contribution in [-0.2, 0) is 11.2 Å². The standard InChI is InChI=1S/C17H14Cl3NO/c18-17(19,20)16-21-15(13-9-5-2-6-10-13)14(22-16)11-12-7-3-1-4-8-12/h1-10,14-15H,11H2. The molecule has 0 aromatic heterocycles. The fourth-order valence-electron chi connectivity index (χ4n) is 2.53. The molecule has 0 radical (unpaired) electrons. The highest BCUT2D eigenvalue weighted by Crippen LogP contribution is 2.39. The Morgan fingerprint density at radius 3 is 2.09 bits per heavy atom. The second-order valence-corrected chi connectivity index (χ2v) is 7.41. The molecule has 0 saturated carbocycles. The van der Waals surface area contributed by atoms with E-state index in [4.69, 9.17) is 39.5 Å². The monoisotopic (exact) mass is 353 g/mol. The zero-order valence-electron chi connectivity index (χ0n) is 11.6. The highest BCUT2D eigenvalue weighted by Gasteiger charge is 2.41. The Bertz CT molecular complexity index is 653. The molecule has 0 bridgehead atoms. The molecule has 2 aromatic carbocycles. The zero-order chi connectivity index (χ0) is 15.6. The molecule has 2 atom stereocenters. The number of aliphatic imine (C=N–C) groups is 1. The molecular formula is C17H14Cl3NO. The van der Waals surface area contributed by atoms with Crippen LogP contribution in [0.2, 0.25) is 0 Å². The topological polar surface area (TPSA) is 21.6 Å². The van der Waals surface area contributed by atoms with Gasteiger partial charge in [-0.3, -0.25) is 0 Å². The second kappa shape index (κ2) is 6.49. The minimum absolute atomic E-state index is 0.160. The van der Waals surface area contributed by atoms with Gasteiger partial charge in [0.2, 0.25) is 5.90 Å². The van der Waals surface area contributed by atoms with Crippen LogP contribution in [0.4, 0.5) is 0 Å². The van der Waals surface area contributed by atoms with Gasteiger partial charge < -0.3 is 4.74 Å². The predicted molar refractivity (Wildman–Crippen MR) is 91.9 cm³/mol. The van der Waals surface area contributed by atoms with Gasteiger partial charge in [-0.15, -0.1) is 0 Å². The zero-order valence-corrected chi connectivity index (χ0v) is 13.9. The Labute approximate surface area is 144 Å². The Hall–Kier alpha value is -1.22. The molecule has 2 unspecified atom stereocenters. The minimum atomic E-state index is -1.64. The number of nitrogens with zero attached hydrogens (tertiary/aromatic N) is 1. The van der Waals surface area contributed by atoms with Gasteiger partial charge in [0.15, 0.2) is 0 Å². The second-order valence-electron chi connectivity index (χ2n) is 5.13. The van der Waals surface area contributed by atoms with Crippen LogP contribution in [0.3, 0.4) is 0 Å². The molecule has 5 heteroatoms. The molecule has 0 aliphatic carbocycles. The molecule has 2 nitrogen and oxygen atoms in total. The molecule has 1 aliphatic rings. The molecular weight excluding hydrogens is 341 g/mol. The van der Waals surface area contributed by atoms with Crippen LogP contribution in [0.25, 0.3) is 0 Å². The van der Waals surface area contributed by atoms with Crippen molar-refractivity contribution in [3.63, 3.8) is 0 Å². The van der Waals surface area contributed by atoms with Crippen molar-refractivity contribution in [1.82, 2.24) is 0 Å². The highest BCUT2D eigenvalue weighted by molar-refractivity contribution is 6.76. The van der Waals surface area contributed by atoms with Crippen molar-refractivity contribution in [2.45, 2.75) is 22.4 Å². The minimum Gasteiger partial charge on any atom is -0.472 e. The summed E-state index contributed by atoms with van der Waals surface area (Å²) in [6, 6.07) is 19.8. The fraction of sp³-hybridized carbons (Fsp3) is 0.235. The maximum absolute atomic E-state index is 5.94. The van der Waals surface area contributed by atoms with Gasteiger partial charge in [-0.05, 0) is 11.1 Å². The summed E-state index contributed by atoms with van der Waals surface area (Å²) in [5, 5.41) is 0. The fourth-order valence-corrected chi connectivity index (χ4v) is 2.81. The normalized spacial score (nSPS) is 21.3. The van der Waals surface area contributed by atoms with E-state index in [0.717, 1.165) is 11.1 Å². The van der Waals surface area contributed by atoms with Gasteiger partial charge in [0.05, 0.1) is 0 Å². The summed E-state index contributed by atoms with van der Waals surface area (Å²) in [6.07, 6.45) is 0.518. The number of hydrogen-bond donors (Lipinski definition) is 0. The third kappa shape index (κ3) is 3.57. The SMILES string of the molecule is ClC(Cl)(Cl)C1=NC(c2ccccc2)C(Cc2ccccc2)O1. The van der Waals surface area contributed by atoms with Crippen LogP contribution in [0.5, 0.6) is 0 Å². The lowest BCUT2D eigenvalue weighted by molar-refractivity contribution is 0.189. The van der Waals surface area contributed by atoms with Crippen LogP contribution in [-0.4, -0.2) is 15.8 Å². The van der Waals surface area contributed by atoms with E-state index in [0.29, 0.717) is 6.42 Å². The predicted octanol–water partition coefficient (Wildman–Crippen LogP) is 5.14. The molecule has 114 valence electrons. The number of rotatable bonds is 3. The van der Waals surface area contributed by atoms with E-state index in [1.807, 2.05) is 48.5 Å². The number of hydrogen-bond acceptors (Lipinski definition) is 2. The first-order valence-corrected chi connectivity index (χ1v) is 8.08. The van der Waals surface area contributed by atoms with Gasteiger partial charge in [-0.2, -0.15) is 0 Å². The van der Waals surface area contributed by atoms with E-state index in [9.17, 15) is 0 Å². The number of benzene rings is 2. The molecule has 0 spiro atoms. The first-order valence-electron chi connectivity index (χ1n) is 6.94. The van der Waals surface area contributed by atoms with Gasteiger partial charge in [0.25, 0.3) is 3.79 Å². The summed E-state index contributed by atoms with van der Waals surface area (Å²) in [5.74, 6) is 0.160. The number of ether oxygens (including phenoxy) is 1. The lowest BCUT2D eigenvalue weighted by Gasteiger charge is -2.19. The molecule has 0 amide bonds. The van der Waals surface area contributed by atoms with Crippen molar-refractivity contribution in [3.8, 4) is 0 Å². The smallest absolute Gasteiger partial charge is 0.266 e. The summed E-state index contributed by atoms with van der Waals surface area (Å²) in [5.41, 5.74) is 2.21. The highest BCUT2D eigenvalue weighted by atomic mass is 35.6. The maximum atomic E-state index is 5.94. The number of halogens is 3. The van der Waals surface area contributed by atoms with E-state index in [-0.39, 0.29) is 18.0 Å². The quantitative estimate of drug-likeness (QED) is 0.700. The largest absolute Gasteiger partial charge is 0.472 e. The Kier molecular flexibility index (Phi) is 4.62. The maximum Gasteiger partial charge on any atom is 0.266 e. The molecule has 0 fully saturated rings. The third-order valence-electron chi connectivity index (χ3n) is 3.53. The summed E-state index contributed by atoms with van der Waals surface area (Å²) in [4.78, 5) is 4.51. The van der Waals surface area contributed by atoms with Gasteiger partial charge in [-0.25, -0.2) is 4.99 Å². The molecule has 1 aliphatic heterocycles. The van der Waals surface area contributed by atoms with Crippen LogP contribution in [0, 0.1) is 0 Å². The van der Waals surface area contributed by atoms with Gasteiger partial charge in [-0.1, -0.05) is 95.5 Å². The van der Waals surface area contributed by atoms with E-state index in [1.165, 1.54) is 0 Å². The molecule has 3 rings (SSSR count). The summed E-state index contributed by atoms with van der Waals surface area (Å²) < 4.78 is 4.21. The first-order chi connectivity index (χ1) is 10.5. The Balaban J connectivity index is 1.88. The van der Waals surface area contributed by atoms with Crippen LogP contribution in [0.15, 0.2) is 65.7 Å². The van der Waals surface area contributed by atoms with Gasteiger partial charge >= 0.3 is 0 Å². The van der Waals surface area contributed by atoms with Crippen molar-refractivity contribution < 1.29 is 4.74 Å². The number of alkyl halides is 3. The summed E-state index contributed by atoms with van der Waals surface area (Å²) >= 11 is 17.8. The van der Waals surface area contributed by atoms with Crippen molar-refractivity contribution in [3.05, 3.63) is 71.8 Å². The van der Waals surface area contributed by atoms with E-state index in [2.05, 4.69) is 17.1 Å². The van der Waals surface area contributed by atoms with Crippen LogP contribution >= 0.6 is 34.8 Å². The van der Waals surface area contributed by atoms with E-state index in [1.54, 1.807) is 0 Å².